The maximum Gasteiger partial charge on any atom is 0.254 e. The predicted octanol–water partition coefficient (Wildman–Crippen LogP) is 1.33. The van der Waals surface area contributed by atoms with E-state index in [9.17, 15) is 13.2 Å². The van der Waals surface area contributed by atoms with E-state index < -0.39 is 9.84 Å². The van der Waals surface area contributed by atoms with E-state index in [-0.39, 0.29) is 30.5 Å². The Morgan fingerprint density at radius 3 is 2.53 bits per heavy atom. The molecular weight excluding hydrogens is 334 g/mol. The lowest BCUT2D eigenvalue weighted by Gasteiger charge is -2.26. The van der Waals surface area contributed by atoms with E-state index >= 15 is 0 Å². The smallest absolute Gasteiger partial charge is 0.254 e. The van der Waals surface area contributed by atoms with Crippen LogP contribution in [0.4, 0.5) is 0 Å². The van der Waals surface area contributed by atoms with Gasteiger partial charge in [0.05, 0.1) is 23.1 Å². The summed E-state index contributed by atoms with van der Waals surface area (Å²) < 4.78 is 28.6. The molecule has 1 aliphatic heterocycles. The molecule has 1 aromatic carbocycles. The first kappa shape index (κ1) is 14.3. The Kier molecular flexibility index (Phi) is 4.15. The third-order valence-electron chi connectivity index (χ3n) is 3.03. The molecule has 19 heavy (non-hydrogen) atoms. The molecule has 0 unspecified atom stereocenters. The highest BCUT2D eigenvalue weighted by atomic mass is 79.9. The first-order valence-corrected chi connectivity index (χ1v) is 8.37. The molecule has 0 bridgehead atoms. The van der Waals surface area contributed by atoms with Crippen LogP contribution in [0, 0.1) is 0 Å². The molecule has 1 saturated heterocycles. The van der Waals surface area contributed by atoms with Crippen molar-refractivity contribution in [2.75, 3.05) is 31.7 Å². The first-order valence-electron chi connectivity index (χ1n) is 5.76. The second-order valence-electron chi connectivity index (χ2n) is 4.29. The Morgan fingerprint density at radius 2 is 1.95 bits per heavy atom. The Morgan fingerprint density at radius 1 is 1.32 bits per heavy atom. The molecule has 0 aromatic heterocycles. The fourth-order valence-corrected chi connectivity index (χ4v) is 3.50. The van der Waals surface area contributed by atoms with Gasteiger partial charge < -0.3 is 9.64 Å². The molecule has 0 aliphatic carbocycles. The van der Waals surface area contributed by atoms with E-state index in [1.807, 2.05) is 0 Å². The number of carbonyl (C=O) groups is 1. The molecule has 1 fully saturated rings. The summed E-state index contributed by atoms with van der Waals surface area (Å²) in [4.78, 5) is 13.8. The highest BCUT2D eigenvalue weighted by Crippen LogP contribution is 2.26. The number of hydrogen-bond acceptors (Lipinski definition) is 4. The van der Waals surface area contributed by atoms with Crippen LogP contribution in [0.1, 0.15) is 10.4 Å². The summed E-state index contributed by atoms with van der Waals surface area (Å²) in [5, 5.41) is 0. The largest absolute Gasteiger partial charge is 0.496 e. The van der Waals surface area contributed by atoms with Crippen LogP contribution in [0.3, 0.4) is 0 Å². The number of hydrogen-bond donors (Lipinski definition) is 0. The Bertz CT molecular complexity index is 586. The van der Waals surface area contributed by atoms with Gasteiger partial charge in [0.1, 0.15) is 5.75 Å². The number of sulfone groups is 1. The van der Waals surface area contributed by atoms with Gasteiger partial charge >= 0.3 is 0 Å². The van der Waals surface area contributed by atoms with E-state index in [0.29, 0.717) is 11.3 Å². The number of rotatable bonds is 2. The summed E-state index contributed by atoms with van der Waals surface area (Å²) in [6, 6.07) is 5.08. The predicted molar refractivity (Wildman–Crippen MR) is 75.3 cm³/mol. The van der Waals surface area contributed by atoms with Crippen LogP contribution >= 0.6 is 15.9 Å². The number of nitrogens with zero attached hydrogens (tertiary/aromatic N) is 1. The molecule has 1 amide bonds. The number of carbonyl (C=O) groups excluding carboxylic acids is 1. The highest BCUT2D eigenvalue weighted by Gasteiger charge is 2.26. The van der Waals surface area contributed by atoms with Crippen molar-refractivity contribution >= 4 is 31.7 Å². The first-order chi connectivity index (χ1) is 8.93. The summed E-state index contributed by atoms with van der Waals surface area (Å²) in [7, 11) is -1.45. The average Bonchev–Trinajstić information content (AvgIpc) is 2.38. The van der Waals surface area contributed by atoms with Crippen LogP contribution in [-0.2, 0) is 9.84 Å². The van der Waals surface area contributed by atoms with Crippen molar-refractivity contribution in [3.8, 4) is 5.75 Å². The SMILES string of the molecule is COc1cc(C(=O)N2CCS(=O)(=O)CC2)ccc1Br. The van der Waals surface area contributed by atoms with E-state index in [1.54, 1.807) is 23.1 Å². The summed E-state index contributed by atoms with van der Waals surface area (Å²) in [5.41, 5.74) is 0.499. The van der Waals surface area contributed by atoms with Crippen molar-refractivity contribution in [3.05, 3.63) is 28.2 Å². The van der Waals surface area contributed by atoms with Gasteiger partial charge in [-0.05, 0) is 34.1 Å². The van der Waals surface area contributed by atoms with Gasteiger partial charge in [-0.3, -0.25) is 4.79 Å². The minimum Gasteiger partial charge on any atom is -0.496 e. The summed E-state index contributed by atoms with van der Waals surface area (Å²) >= 11 is 3.32. The molecule has 2 rings (SSSR count). The second kappa shape index (κ2) is 5.50. The monoisotopic (exact) mass is 347 g/mol. The van der Waals surface area contributed by atoms with Crippen molar-refractivity contribution in [2.24, 2.45) is 0 Å². The van der Waals surface area contributed by atoms with Crippen molar-refractivity contribution in [3.63, 3.8) is 0 Å². The zero-order valence-electron chi connectivity index (χ0n) is 10.4. The molecule has 5 nitrogen and oxygen atoms in total. The number of benzene rings is 1. The Labute approximate surface area is 120 Å². The van der Waals surface area contributed by atoms with Gasteiger partial charge in [-0.2, -0.15) is 0 Å². The van der Waals surface area contributed by atoms with Crippen molar-refractivity contribution in [1.82, 2.24) is 4.90 Å². The van der Waals surface area contributed by atoms with Crippen LogP contribution in [0.2, 0.25) is 0 Å². The van der Waals surface area contributed by atoms with E-state index in [4.69, 9.17) is 4.74 Å². The molecule has 0 spiro atoms. The van der Waals surface area contributed by atoms with Gasteiger partial charge in [0.2, 0.25) is 0 Å². The molecule has 1 aliphatic rings. The average molecular weight is 348 g/mol. The van der Waals surface area contributed by atoms with Gasteiger partial charge in [-0.25, -0.2) is 8.42 Å². The molecular formula is C12H14BrNO4S. The van der Waals surface area contributed by atoms with Gasteiger partial charge in [0.25, 0.3) is 5.91 Å². The van der Waals surface area contributed by atoms with Gasteiger partial charge in [-0.15, -0.1) is 0 Å². The maximum absolute atomic E-state index is 12.3. The molecule has 1 heterocycles. The van der Waals surface area contributed by atoms with E-state index in [2.05, 4.69) is 15.9 Å². The van der Waals surface area contributed by atoms with Crippen LogP contribution < -0.4 is 4.74 Å². The van der Waals surface area contributed by atoms with Gasteiger partial charge in [0, 0.05) is 18.7 Å². The topological polar surface area (TPSA) is 63.7 Å². The molecule has 104 valence electrons. The standard InChI is InChI=1S/C12H14BrNO4S/c1-18-11-8-9(2-3-10(11)13)12(15)14-4-6-19(16,17)7-5-14/h2-3,8H,4-7H2,1H3. The normalized spacial score (nSPS) is 18.1. The minimum atomic E-state index is -2.98. The number of ether oxygens (including phenoxy) is 1. The third-order valence-corrected chi connectivity index (χ3v) is 5.29. The fraction of sp³-hybridized carbons (Fsp3) is 0.417. The molecule has 1 aromatic rings. The van der Waals surface area contributed by atoms with Crippen LogP contribution in [0.15, 0.2) is 22.7 Å². The molecule has 0 atom stereocenters. The highest BCUT2D eigenvalue weighted by molar-refractivity contribution is 9.10. The number of halogens is 1. The number of methoxy groups -OCH3 is 1. The summed E-state index contributed by atoms with van der Waals surface area (Å²) in [6.07, 6.45) is 0. The fourth-order valence-electron chi connectivity index (χ4n) is 1.89. The maximum atomic E-state index is 12.3. The summed E-state index contributed by atoms with van der Waals surface area (Å²) in [5.74, 6) is 0.481. The van der Waals surface area contributed by atoms with Crippen LogP contribution in [0.25, 0.3) is 0 Å². The zero-order chi connectivity index (χ0) is 14.0. The lowest BCUT2D eigenvalue weighted by molar-refractivity contribution is 0.0770. The molecule has 0 saturated carbocycles. The van der Waals surface area contributed by atoms with Gasteiger partial charge in [0.15, 0.2) is 9.84 Å². The lowest BCUT2D eigenvalue weighted by atomic mass is 10.2. The molecule has 7 heteroatoms. The Balaban J connectivity index is 2.16. The van der Waals surface area contributed by atoms with Crippen molar-refractivity contribution in [1.29, 1.82) is 0 Å². The van der Waals surface area contributed by atoms with E-state index in [1.165, 1.54) is 7.11 Å². The van der Waals surface area contributed by atoms with E-state index in [0.717, 1.165) is 4.47 Å². The minimum absolute atomic E-state index is 0.0341. The van der Waals surface area contributed by atoms with Crippen molar-refractivity contribution in [2.45, 2.75) is 0 Å². The van der Waals surface area contributed by atoms with Crippen molar-refractivity contribution < 1.29 is 17.9 Å². The molecule has 0 N–H and O–H groups in total. The summed E-state index contributed by atoms with van der Waals surface area (Å²) in [6.45, 7) is 0.499. The van der Waals surface area contributed by atoms with Gasteiger partial charge in [-0.1, -0.05) is 0 Å². The Hall–Kier alpha value is -1.08. The van der Waals surface area contributed by atoms with Crippen LogP contribution in [-0.4, -0.2) is 50.9 Å². The zero-order valence-corrected chi connectivity index (χ0v) is 12.8. The second-order valence-corrected chi connectivity index (χ2v) is 7.45. The third kappa shape index (κ3) is 3.27. The molecule has 0 radical (unpaired) electrons. The van der Waals surface area contributed by atoms with Crippen LogP contribution in [0.5, 0.6) is 5.75 Å². The lowest BCUT2D eigenvalue weighted by Crippen LogP contribution is -2.43. The number of amides is 1. The quantitative estimate of drug-likeness (QED) is 0.809.